The van der Waals surface area contributed by atoms with Crippen LogP contribution in [0.15, 0.2) is 35.3 Å². The van der Waals surface area contributed by atoms with Crippen LogP contribution in [0.3, 0.4) is 0 Å². The SMILES string of the molecule is C[C@H]1[C@@H](c2ccccc2)N=C(OC(=O)CBr)N1C. The molecule has 1 aliphatic rings. The Morgan fingerprint density at radius 3 is 2.72 bits per heavy atom. The molecule has 0 saturated carbocycles. The lowest BCUT2D eigenvalue weighted by Gasteiger charge is -2.21. The average molecular weight is 311 g/mol. The molecule has 0 aliphatic carbocycles. The molecule has 1 aromatic carbocycles. The van der Waals surface area contributed by atoms with Gasteiger partial charge >= 0.3 is 5.97 Å². The first-order chi connectivity index (χ1) is 8.63. The third kappa shape index (κ3) is 2.56. The summed E-state index contributed by atoms with van der Waals surface area (Å²) in [5, 5.41) is 0.171. The second kappa shape index (κ2) is 5.52. The highest BCUT2D eigenvalue weighted by Gasteiger charge is 2.33. The standard InChI is InChI=1S/C13H15BrN2O2/c1-9-12(10-6-4-3-5-7-10)15-13(16(9)2)18-11(17)8-14/h3-7,9,12H,8H2,1-2H3/t9-,12-/m0/s1. The van der Waals surface area contributed by atoms with E-state index in [0.717, 1.165) is 5.56 Å². The molecule has 0 unspecified atom stereocenters. The number of esters is 1. The van der Waals surface area contributed by atoms with E-state index in [2.05, 4.69) is 27.8 Å². The van der Waals surface area contributed by atoms with Crippen molar-refractivity contribution in [3.8, 4) is 0 Å². The van der Waals surface area contributed by atoms with Crippen molar-refractivity contribution in [3.05, 3.63) is 35.9 Å². The Morgan fingerprint density at radius 2 is 2.11 bits per heavy atom. The Kier molecular flexibility index (Phi) is 4.01. The van der Waals surface area contributed by atoms with Gasteiger partial charge in [0, 0.05) is 7.05 Å². The smallest absolute Gasteiger partial charge is 0.324 e. The van der Waals surface area contributed by atoms with E-state index in [4.69, 9.17) is 4.74 Å². The maximum absolute atomic E-state index is 11.3. The van der Waals surface area contributed by atoms with Crippen molar-refractivity contribution < 1.29 is 9.53 Å². The van der Waals surface area contributed by atoms with Crippen molar-refractivity contribution in [1.29, 1.82) is 0 Å². The molecule has 2 atom stereocenters. The summed E-state index contributed by atoms with van der Waals surface area (Å²) in [7, 11) is 1.88. The monoisotopic (exact) mass is 310 g/mol. The summed E-state index contributed by atoms with van der Waals surface area (Å²) in [4.78, 5) is 17.7. The first-order valence-corrected chi connectivity index (χ1v) is 6.88. The fraction of sp³-hybridized carbons (Fsp3) is 0.385. The third-order valence-electron chi connectivity index (χ3n) is 3.07. The molecule has 5 heteroatoms. The molecule has 0 bridgehead atoms. The van der Waals surface area contributed by atoms with Gasteiger partial charge in [0.2, 0.25) is 0 Å². The van der Waals surface area contributed by atoms with Gasteiger partial charge in [0.05, 0.1) is 6.04 Å². The van der Waals surface area contributed by atoms with Crippen molar-refractivity contribution in [3.63, 3.8) is 0 Å². The van der Waals surface area contributed by atoms with Crippen LogP contribution in [0.4, 0.5) is 0 Å². The van der Waals surface area contributed by atoms with Crippen LogP contribution in [-0.4, -0.2) is 35.3 Å². The minimum absolute atomic E-state index is 0.00863. The van der Waals surface area contributed by atoms with Gasteiger partial charge in [-0.2, -0.15) is 0 Å². The molecular formula is C13H15BrN2O2. The lowest BCUT2D eigenvalue weighted by molar-refractivity contribution is -0.133. The zero-order valence-corrected chi connectivity index (χ0v) is 11.9. The molecule has 1 heterocycles. The van der Waals surface area contributed by atoms with Crippen molar-refractivity contribution in [1.82, 2.24) is 4.90 Å². The quantitative estimate of drug-likeness (QED) is 0.622. The number of rotatable bonds is 2. The van der Waals surface area contributed by atoms with Gasteiger partial charge in [-0.25, -0.2) is 4.99 Å². The maximum atomic E-state index is 11.3. The predicted octanol–water partition coefficient (Wildman–Crippen LogP) is 2.36. The molecule has 96 valence electrons. The van der Waals surface area contributed by atoms with E-state index >= 15 is 0 Å². The summed E-state index contributed by atoms with van der Waals surface area (Å²) in [5.74, 6) is -0.332. The minimum atomic E-state index is -0.332. The van der Waals surface area contributed by atoms with Crippen molar-refractivity contribution in [2.75, 3.05) is 12.4 Å². The number of likely N-dealkylation sites (N-methyl/N-ethyl adjacent to an activating group) is 1. The predicted molar refractivity (Wildman–Crippen MR) is 73.7 cm³/mol. The molecule has 0 fully saturated rings. The number of ether oxygens (including phenoxy) is 1. The average Bonchev–Trinajstić information content (AvgIpc) is 2.68. The highest BCUT2D eigenvalue weighted by Crippen LogP contribution is 2.30. The van der Waals surface area contributed by atoms with Gasteiger partial charge < -0.3 is 9.64 Å². The number of hydrogen-bond donors (Lipinski definition) is 0. The number of carbonyl (C=O) groups excluding carboxylic acids is 1. The van der Waals surface area contributed by atoms with E-state index in [-0.39, 0.29) is 23.4 Å². The fourth-order valence-corrected chi connectivity index (χ4v) is 2.05. The lowest BCUT2D eigenvalue weighted by Crippen LogP contribution is -2.34. The number of benzene rings is 1. The number of carbonyl (C=O) groups is 1. The zero-order chi connectivity index (χ0) is 13.1. The van der Waals surface area contributed by atoms with Gasteiger partial charge in [0.25, 0.3) is 6.02 Å². The van der Waals surface area contributed by atoms with E-state index < -0.39 is 0 Å². The van der Waals surface area contributed by atoms with E-state index in [1.807, 2.05) is 42.3 Å². The van der Waals surface area contributed by atoms with Crippen molar-refractivity contribution in [2.24, 2.45) is 4.99 Å². The largest absolute Gasteiger partial charge is 0.392 e. The molecule has 0 aromatic heterocycles. The van der Waals surface area contributed by atoms with E-state index in [0.29, 0.717) is 6.02 Å². The summed E-state index contributed by atoms with van der Waals surface area (Å²) in [6, 6.07) is 10.6. The first kappa shape index (κ1) is 13.1. The molecule has 0 N–H and O–H groups in total. The number of aliphatic imine (C=N–C) groups is 1. The fourth-order valence-electron chi connectivity index (χ4n) is 1.93. The van der Waals surface area contributed by atoms with Crippen LogP contribution in [0.25, 0.3) is 0 Å². The molecule has 0 amide bonds. The van der Waals surface area contributed by atoms with Crippen LogP contribution in [0, 0.1) is 0 Å². The Labute approximate surface area is 115 Å². The Hall–Kier alpha value is -1.36. The van der Waals surface area contributed by atoms with Crippen LogP contribution in [-0.2, 0) is 9.53 Å². The summed E-state index contributed by atoms with van der Waals surface area (Å²) in [6.45, 7) is 2.07. The number of halogens is 1. The van der Waals surface area contributed by atoms with Gasteiger partial charge in [0.1, 0.15) is 11.4 Å². The Morgan fingerprint density at radius 1 is 1.44 bits per heavy atom. The molecule has 2 rings (SSSR count). The highest BCUT2D eigenvalue weighted by atomic mass is 79.9. The number of nitrogens with zero attached hydrogens (tertiary/aromatic N) is 2. The summed E-state index contributed by atoms with van der Waals surface area (Å²) in [5.41, 5.74) is 1.13. The maximum Gasteiger partial charge on any atom is 0.324 e. The van der Waals surface area contributed by atoms with Gasteiger partial charge in [0.15, 0.2) is 0 Å². The van der Waals surface area contributed by atoms with Crippen LogP contribution in [0.5, 0.6) is 0 Å². The second-order valence-corrected chi connectivity index (χ2v) is 4.79. The zero-order valence-electron chi connectivity index (χ0n) is 10.3. The molecule has 18 heavy (non-hydrogen) atoms. The molecule has 4 nitrogen and oxygen atoms in total. The number of amidine groups is 1. The normalized spacial score (nSPS) is 22.8. The van der Waals surface area contributed by atoms with Gasteiger partial charge in [-0.3, -0.25) is 4.79 Å². The van der Waals surface area contributed by atoms with E-state index in [1.54, 1.807) is 0 Å². The molecule has 1 aliphatic heterocycles. The van der Waals surface area contributed by atoms with E-state index in [1.165, 1.54) is 0 Å². The molecule has 0 spiro atoms. The third-order valence-corrected chi connectivity index (χ3v) is 3.53. The highest BCUT2D eigenvalue weighted by molar-refractivity contribution is 9.09. The van der Waals surface area contributed by atoms with Crippen molar-refractivity contribution in [2.45, 2.75) is 19.0 Å². The Balaban J connectivity index is 2.20. The minimum Gasteiger partial charge on any atom is -0.392 e. The van der Waals surface area contributed by atoms with Crippen LogP contribution in [0.1, 0.15) is 18.5 Å². The molecular weight excluding hydrogens is 296 g/mol. The van der Waals surface area contributed by atoms with Gasteiger partial charge in [-0.15, -0.1) is 0 Å². The topological polar surface area (TPSA) is 41.9 Å². The Bertz CT molecular complexity index is 461. The second-order valence-electron chi connectivity index (χ2n) is 4.23. The molecule has 0 saturated heterocycles. The number of hydrogen-bond acceptors (Lipinski definition) is 4. The van der Waals surface area contributed by atoms with Crippen LogP contribution >= 0.6 is 15.9 Å². The van der Waals surface area contributed by atoms with Gasteiger partial charge in [-0.1, -0.05) is 46.3 Å². The first-order valence-electron chi connectivity index (χ1n) is 5.75. The summed E-state index contributed by atoms with van der Waals surface area (Å²) in [6.07, 6.45) is 0. The van der Waals surface area contributed by atoms with Crippen LogP contribution < -0.4 is 0 Å². The summed E-state index contributed by atoms with van der Waals surface area (Å²) < 4.78 is 5.19. The summed E-state index contributed by atoms with van der Waals surface area (Å²) >= 11 is 3.07. The van der Waals surface area contributed by atoms with E-state index in [9.17, 15) is 4.79 Å². The lowest BCUT2D eigenvalue weighted by atomic mass is 10.0. The molecule has 0 radical (unpaired) electrons. The van der Waals surface area contributed by atoms with Gasteiger partial charge in [-0.05, 0) is 12.5 Å². The van der Waals surface area contributed by atoms with Crippen LogP contribution in [0.2, 0.25) is 0 Å². The number of alkyl halides is 1. The molecule has 1 aromatic rings. The van der Waals surface area contributed by atoms with Crippen molar-refractivity contribution >= 4 is 27.9 Å².